The van der Waals surface area contributed by atoms with Crippen molar-refractivity contribution in [2.24, 2.45) is 0 Å². The second kappa shape index (κ2) is 6.11. The van der Waals surface area contributed by atoms with Crippen molar-refractivity contribution in [2.45, 2.75) is 26.3 Å². The summed E-state index contributed by atoms with van der Waals surface area (Å²) in [4.78, 5) is 4.65. The minimum Gasteiger partial charge on any atom is -0.496 e. The lowest BCUT2D eigenvalue weighted by Crippen LogP contribution is -2.07. The van der Waals surface area contributed by atoms with Crippen LogP contribution in [0.1, 0.15) is 25.6 Å². The van der Waals surface area contributed by atoms with E-state index in [2.05, 4.69) is 10.9 Å². The highest BCUT2D eigenvalue weighted by atomic mass is 35.5. The molecule has 21 heavy (non-hydrogen) atoms. The second-order valence-corrected chi connectivity index (χ2v) is 5.37. The number of aromatic nitrogens is 2. The first-order valence-corrected chi connectivity index (χ1v) is 7.01. The van der Waals surface area contributed by atoms with E-state index in [0.29, 0.717) is 34.4 Å². The molecule has 0 aliphatic carbocycles. The zero-order valence-electron chi connectivity index (χ0n) is 12.4. The highest BCUT2D eigenvalue weighted by Crippen LogP contribution is 2.39. The predicted molar refractivity (Wildman–Crippen MR) is 86.6 cm³/mol. The summed E-state index contributed by atoms with van der Waals surface area (Å²) in [5.41, 5.74) is 7.54. The molecule has 0 saturated heterocycles. The Bertz CT molecular complexity index is 698. The summed E-state index contributed by atoms with van der Waals surface area (Å²) < 4.78 is 7.21. The number of nitrogens with two attached hydrogens (primary N) is 1. The summed E-state index contributed by atoms with van der Waals surface area (Å²) in [5.74, 6) is 4.78. The van der Waals surface area contributed by atoms with Gasteiger partial charge in [-0.15, -0.1) is 6.42 Å². The van der Waals surface area contributed by atoms with Gasteiger partial charge >= 0.3 is 0 Å². The maximum absolute atomic E-state index is 6.31. The van der Waals surface area contributed by atoms with Gasteiger partial charge in [-0.1, -0.05) is 37.4 Å². The number of ether oxygens (including phenoxy) is 1. The molecule has 110 valence electrons. The molecule has 0 spiro atoms. The lowest BCUT2D eigenvalue weighted by molar-refractivity contribution is 0.416. The number of methoxy groups -OCH3 is 1. The van der Waals surface area contributed by atoms with E-state index in [1.54, 1.807) is 13.2 Å². The number of nitrogens with zero attached hydrogens (tertiary/aromatic N) is 2. The van der Waals surface area contributed by atoms with Crippen LogP contribution >= 0.6 is 11.6 Å². The van der Waals surface area contributed by atoms with Crippen LogP contribution in [0.4, 0.5) is 5.82 Å². The van der Waals surface area contributed by atoms with Crippen molar-refractivity contribution < 1.29 is 4.74 Å². The fourth-order valence-electron chi connectivity index (χ4n) is 2.27. The first kappa shape index (κ1) is 15.3. The maximum atomic E-state index is 6.31. The molecular weight excluding hydrogens is 286 g/mol. The molecule has 5 heteroatoms. The molecule has 4 nitrogen and oxygen atoms in total. The molecule has 1 aromatic carbocycles. The number of hydrogen-bond acceptors (Lipinski definition) is 3. The van der Waals surface area contributed by atoms with Crippen molar-refractivity contribution >= 4 is 17.4 Å². The van der Waals surface area contributed by atoms with Crippen LogP contribution in [0.5, 0.6) is 5.75 Å². The number of anilines is 1. The van der Waals surface area contributed by atoms with Gasteiger partial charge in [0.1, 0.15) is 23.1 Å². The van der Waals surface area contributed by atoms with Crippen LogP contribution in [0.25, 0.3) is 11.3 Å². The fourth-order valence-corrected chi connectivity index (χ4v) is 2.53. The molecule has 0 bridgehead atoms. The Morgan fingerprint density at radius 2 is 2.19 bits per heavy atom. The van der Waals surface area contributed by atoms with Crippen molar-refractivity contribution in [2.75, 3.05) is 12.8 Å². The SMILES string of the molecule is C#CCn1c(C(C)C)nc(-c2c(Cl)cccc2OC)c1N. The Morgan fingerprint density at radius 3 is 2.76 bits per heavy atom. The largest absolute Gasteiger partial charge is 0.496 e. The lowest BCUT2D eigenvalue weighted by atomic mass is 10.1. The third-order valence-electron chi connectivity index (χ3n) is 3.23. The van der Waals surface area contributed by atoms with E-state index < -0.39 is 0 Å². The summed E-state index contributed by atoms with van der Waals surface area (Å²) in [5, 5.41) is 0.543. The van der Waals surface area contributed by atoms with Crippen LogP contribution in [0, 0.1) is 12.3 Å². The molecule has 0 aliphatic heterocycles. The Morgan fingerprint density at radius 1 is 1.48 bits per heavy atom. The molecule has 2 rings (SSSR count). The normalized spacial score (nSPS) is 10.7. The summed E-state index contributed by atoms with van der Waals surface area (Å²) in [7, 11) is 1.59. The fraction of sp³-hybridized carbons (Fsp3) is 0.312. The van der Waals surface area contributed by atoms with Crippen LogP contribution in [0.15, 0.2) is 18.2 Å². The van der Waals surface area contributed by atoms with E-state index in [1.807, 2.05) is 30.5 Å². The Balaban J connectivity index is 2.72. The van der Waals surface area contributed by atoms with Gasteiger partial charge in [-0.2, -0.15) is 0 Å². The molecule has 0 saturated carbocycles. The van der Waals surface area contributed by atoms with Crippen molar-refractivity contribution in [1.29, 1.82) is 0 Å². The minimum atomic E-state index is 0.197. The first-order valence-electron chi connectivity index (χ1n) is 6.63. The smallest absolute Gasteiger partial charge is 0.132 e. The summed E-state index contributed by atoms with van der Waals surface area (Å²) >= 11 is 6.31. The van der Waals surface area contributed by atoms with Crippen molar-refractivity contribution in [3.8, 4) is 29.4 Å². The van der Waals surface area contributed by atoms with Crippen molar-refractivity contribution in [3.63, 3.8) is 0 Å². The van der Waals surface area contributed by atoms with Gasteiger partial charge in [0, 0.05) is 5.92 Å². The quantitative estimate of drug-likeness (QED) is 0.879. The molecule has 0 atom stereocenters. The van der Waals surface area contributed by atoms with Gasteiger partial charge in [0.05, 0.1) is 24.2 Å². The third kappa shape index (κ3) is 2.70. The van der Waals surface area contributed by atoms with E-state index in [0.717, 1.165) is 5.82 Å². The van der Waals surface area contributed by atoms with Gasteiger partial charge in [0.25, 0.3) is 0 Å². The van der Waals surface area contributed by atoms with Gasteiger partial charge in [-0.05, 0) is 12.1 Å². The van der Waals surface area contributed by atoms with Gasteiger partial charge in [0.15, 0.2) is 0 Å². The van der Waals surface area contributed by atoms with E-state index in [-0.39, 0.29) is 5.92 Å². The number of imidazole rings is 1. The Labute approximate surface area is 129 Å². The maximum Gasteiger partial charge on any atom is 0.132 e. The number of rotatable bonds is 4. The topological polar surface area (TPSA) is 53.1 Å². The number of halogens is 1. The molecule has 0 unspecified atom stereocenters. The Hall–Kier alpha value is -2.12. The van der Waals surface area contributed by atoms with Gasteiger partial charge < -0.3 is 15.0 Å². The van der Waals surface area contributed by atoms with Gasteiger partial charge in [-0.25, -0.2) is 4.98 Å². The standard InChI is InChI=1S/C16H18ClN3O/c1-5-9-20-15(18)14(19-16(20)10(2)3)13-11(17)7-6-8-12(13)21-4/h1,6-8,10H,9,18H2,2-4H3. The predicted octanol–water partition coefficient (Wildman–Crippen LogP) is 3.55. The van der Waals surface area contributed by atoms with Crippen LogP contribution in [0.3, 0.4) is 0 Å². The van der Waals surface area contributed by atoms with Crippen LogP contribution in [-0.4, -0.2) is 16.7 Å². The van der Waals surface area contributed by atoms with E-state index in [1.165, 1.54) is 0 Å². The van der Waals surface area contributed by atoms with E-state index in [4.69, 9.17) is 28.5 Å². The molecule has 2 N–H and O–H groups in total. The zero-order chi connectivity index (χ0) is 15.6. The van der Waals surface area contributed by atoms with Gasteiger partial charge in [-0.3, -0.25) is 0 Å². The molecule has 0 fully saturated rings. The average Bonchev–Trinajstić information content (AvgIpc) is 2.77. The molecule has 1 aromatic heterocycles. The number of hydrogen-bond donors (Lipinski definition) is 1. The number of terminal acetylenes is 1. The number of benzene rings is 1. The summed E-state index contributed by atoms with van der Waals surface area (Å²) in [6.07, 6.45) is 5.43. The summed E-state index contributed by atoms with van der Waals surface area (Å²) in [6, 6.07) is 5.44. The van der Waals surface area contributed by atoms with Crippen molar-refractivity contribution in [3.05, 3.63) is 29.0 Å². The molecule has 2 aromatic rings. The van der Waals surface area contributed by atoms with Crippen LogP contribution in [0.2, 0.25) is 5.02 Å². The third-order valence-corrected chi connectivity index (χ3v) is 3.55. The average molecular weight is 304 g/mol. The van der Waals surface area contributed by atoms with Crippen LogP contribution in [-0.2, 0) is 6.54 Å². The lowest BCUT2D eigenvalue weighted by Gasteiger charge is -2.09. The zero-order valence-corrected chi connectivity index (χ0v) is 13.1. The molecule has 0 radical (unpaired) electrons. The molecule has 0 amide bonds. The van der Waals surface area contributed by atoms with Crippen LogP contribution < -0.4 is 10.5 Å². The highest BCUT2D eigenvalue weighted by Gasteiger charge is 2.22. The first-order chi connectivity index (χ1) is 10.0. The Kier molecular flexibility index (Phi) is 4.44. The molecule has 0 aliphatic rings. The minimum absolute atomic E-state index is 0.197. The van der Waals surface area contributed by atoms with Crippen molar-refractivity contribution in [1.82, 2.24) is 9.55 Å². The second-order valence-electron chi connectivity index (χ2n) is 4.97. The van der Waals surface area contributed by atoms with E-state index in [9.17, 15) is 0 Å². The molecular formula is C16H18ClN3O. The summed E-state index contributed by atoms with van der Waals surface area (Å²) in [6.45, 7) is 4.46. The van der Waals surface area contributed by atoms with Gasteiger partial charge in [0.2, 0.25) is 0 Å². The number of nitrogen functional groups attached to an aromatic ring is 1. The van der Waals surface area contributed by atoms with E-state index >= 15 is 0 Å². The monoisotopic (exact) mass is 303 g/mol. The highest BCUT2D eigenvalue weighted by molar-refractivity contribution is 6.33. The molecule has 1 heterocycles.